The Morgan fingerprint density at radius 1 is 1.12 bits per heavy atom. The molecular formula is C21H24ClNO3. The molecule has 1 aliphatic heterocycles. The van der Waals surface area contributed by atoms with Gasteiger partial charge in [-0.3, -0.25) is 4.79 Å². The van der Waals surface area contributed by atoms with E-state index in [2.05, 4.69) is 0 Å². The highest BCUT2D eigenvalue weighted by molar-refractivity contribution is 6.30. The SMILES string of the molecule is COc1ccc(CN(C)C(=O)C2(c3ccc(Cl)cc3)CCOCC2)cc1. The maximum Gasteiger partial charge on any atom is 0.233 e. The second kappa shape index (κ2) is 8.11. The highest BCUT2D eigenvalue weighted by Crippen LogP contribution is 2.37. The van der Waals surface area contributed by atoms with E-state index >= 15 is 0 Å². The third kappa shape index (κ3) is 3.87. The summed E-state index contributed by atoms with van der Waals surface area (Å²) in [7, 11) is 3.51. The van der Waals surface area contributed by atoms with Crippen LogP contribution < -0.4 is 4.74 Å². The number of hydrogen-bond acceptors (Lipinski definition) is 3. The molecule has 0 radical (unpaired) electrons. The van der Waals surface area contributed by atoms with Gasteiger partial charge in [0.2, 0.25) is 5.91 Å². The summed E-state index contributed by atoms with van der Waals surface area (Å²) in [4.78, 5) is 15.3. The highest BCUT2D eigenvalue weighted by atomic mass is 35.5. The first kappa shape index (κ1) is 18.7. The average molecular weight is 374 g/mol. The minimum absolute atomic E-state index is 0.124. The fourth-order valence-electron chi connectivity index (χ4n) is 3.56. The molecule has 1 amide bonds. The Morgan fingerprint density at radius 2 is 1.73 bits per heavy atom. The lowest BCUT2D eigenvalue weighted by Crippen LogP contribution is -2.48. The zero-order valence-electron chi connectivity index (χ0n) is 15.2. The molecule has 0 N–H and O–H groups in total. The average Bonchev–Trinajstić information content (AvgIpc) is 2.69. The van der Waals surface area contributed by atoms with Crippen LogP contribution in [0.2, 0.25) is 5.02 Å². The molecule has 0 aliphatic carbocycles. The predicted octanol–water partition coefficient (Wildman–Crippen LogP) is 4.06. The number of halogens is 1. The first-order chi connectivity index (χ1) is 12.5. The zero-order valence-corrected chi connectivity index (χ0v) is 16.0. The van der Waals surface area contributed by atoms with E-state index in [1.807, 2.05) is 60.5 Å². The molecule has 0 atom stereocenters. The molecule has 0 spiro atoms. The van der Waals surface area contributed by atoms with Crippen molar-refractivity contribution < 1.29 is 14.3 Å². The molecule has 1 saturated heterocycles. The van der Waals surface area contributed by atoms with E-state index in [9.17, 15) is 4.79 Å². The third-order valence-electron chi connectivity index (χ3n) is 5.08. The van der Waals surface area contributed by atoms with E-state index < -0.39 is 5.41 Å². The Kier molecular flexibility index (Phi) is 5.84. The van der Waals surface area contributed by atoms with Gasteiger partial charge < -0.3 is 14.4 Å². The van der Waals surface area contributed by atoms with Gasteiger partial charge in [-0.2, -0.15) is 0 Å². The van der Waals surface area contributed by atoms with Crippen molar-refractivity contribution in [3.8, 4) is 5.75 Å². The van der Waals surface area contributed by atoms with Gasteiger partial charge in [0.15, 0.2) is 0 Å². The Labute approximate surface area is 159 Å². The lowest BCUT2D eigenvalue weighted by molar-refractivity contribution is -0.140. The van der Waals surface area contributed by atoms with Crippen LogP contribution in [0.4, 0.5) is 0 Å². The molecule has 3 rings (SSSR count). The van der Waals surface area contributed by atoms with E-state index in [1.54, 1.807) is 7.11 Å². The highest BCUT2D eigenvalue weighted by Gasteiger charge is 2.43. The Morgan fingerprint density at radius 3 is 2.31 bits per heavy atom. The van der Waals surface area contributed by atoms with Gasteiger partial charge in [-0.1, -0.05) is 35.9 Å². The van der Waals surface area contributed by atoms with Crippen LogP contribution in [0.25, 0.3) is 0 Å². The molecule has 2 aromatic rings. The maximum absolute atomic E-state index is 13.4. The van der Waals surface area contributed by atoms with Crippen LogP contribution in [0.3, 0.4) is 0 Å². The van der Waals surface area contributed by atoms with Crippen LogP contribution in [-0.2, 0) is 21.5 Å². The number of carbonyl (C=O) groups is 1. The molecule has 4 nitrogen and oxygen atoms in total. The number of amides is 1. The number of rotatable bonds is 5. The molecule has 5 heteroatoms. The normalized spacial score (nSPS) is 16.1. The molecular weight excluding hydrogens is 350 g/mol. The minimum atomic E-state index is -0.552. The number of likely N-dealkylation sites (N-methyl/N-ethyl adjacent to an activating group) is 1. The quantitative estimate of drug-likeness (QED) is 0.793. The number of ether oxygens (including phenoxy) is 2. The summed E-state index contributed by atoms with van der Waals surface area (Å²) in [6.45, 7) is 1.73. The van der Waals surface area contributed by atoms with Crippen molar-refractivity contribution in [2.24, 2.45) is 0 Å². The molecule has 1 heterocycles. The summed E-state index contributed by atoms with van der Waals surface area (Å²) >= 11 is 6.04. The topological polar surface area (TPSA) is 38.8 Å². The van der Waals surface area contributed by atoms with Crippen LogP contribution in [-0.4, -0.2) is 38.2 Å². The molecule has 0 unspecified atom stereocenters. The second-order valence-corrected chi connectivity index (χ2v) is 7.15. The zero-order chi connectivity index (χ0) is 18.6. The van der Waals surface area contributed by atoms with Gasteiger partial charge >= 0.3 is 0 Å². The summed E-state index contributed by atoms with van der Waals surface area (Å²) in [6, 6.07) is 15.4. The summed E-state index contributed by atoms with van der Waals surface area (Å²) in [5.41, 5.74) is 1.53. The standard InChI is InChI=1S/C21H24ClNO3/c1-23(15-16-3-9-19(25-2)10-4-16)20(24)21(11-13-26-14-12-21)17-5-7-18(22)8-6-17/h3-10H,11-15H2,1-2H3. The molecule has 2 aromatic carbocycles. The van der Waals surface area contributed by atoms with Crippen LogP contribution in [0, 0.1) is 0 Å². The third-order valence-corrected chi connectivity index (χ3v) is 5.33. The van der Waals surface area contributed by atoms with Gasteiger partial charge in [0.05, 0.1) is 12.5 Å². The second-order valence-electron chi connectivity index (χ2n) is 6.71. The van der Waals surface area contributed by atoms with Gasteiger partial charge in [-0.05, 0) is 48.2 Å². The predicted molar refractivity (Wildman–Crippen MR) is 103 cm³/mol. The van der Waals surface area contributed by atoms with Crippen molar-refractivity contribution in [2.45, 2.75) is 24.8 Å². The fourth-order valence-corrected chi connectivity index (χ4v) is 3.68. The number of carbonyl (C=O) groups excluding carboxylic acids is 1. The number of benzene rings is 2. The monoisotopic (exact) mass is 373 g/mol. The molecule has 1 fully saturated rings. The van der Waals surface area contributed by atoms with E-state index in [-0.39, 0.29) is 5.91 Å². The summed E-state index contributed by atoms with van der Waals surface area (Å²) < 4.78 is 10.7. The Balaban J connectivity index is 1.83. The maximum atomic E-state index is 13.4. The van der Waals surface area contributed by atoms with Gasteiger partial charge in [0, 0.05) is 31.8 Å². The van der Waals surface area contributed by atoms with E-state index in [1.165, 1.54) is 0 Å². The van der Waals surface area contributed by atoms with Crippen LogP contribution in [0.5, 0.6) is 5.75 Å². The number of methoxy groups -OCH3 is 1. The van der Waals surface area contributed by atoms with E-state index in [4.69, 9.17) is 21.1 Å². The van der Waals surface area contributed by atoms with Crippen molar-refractivity contribution in [3.05, 3.63) is 64.7 Å². The number of hydrogen-bond donors (Lipinski definition) is 0. The largest absolute Gasteiger partial charge is 0.497 e. The van der Waals surface area contributed by atoms with Crippen molar-refractivity contribution in [1.29, 1.82) is 0 Å². The van der Waals surface area contributed by atoms with Crippen LogP contribution in [0.15, 0.2) is 48.5 Å². The van der Waals surface area contributed by atoms with Crippen molar-refractivity contribution >= 4 is 17.5 Å². The van der Waals surface area contributed by atoms with E-state index in [0.29, 0.717) is 37.6 Å². The summed E-state index contributed by atoms with van der Waals surface area (Å²) in [5.74, 6) is 0.934. The molecule has 0 saturated carbocycles. The Hall–Kier alpha value is -2.04. The smallest absolute Gasteiger partial charge is 0.233 e. The molecule has 1 aliphatic rings. The molecule has 0 bridgehead atoms. The van der Waals surface area contributed by atoms with Crippen LogP contribution in [0.1, 0.15) is 24.0 Å². The van der Waals surface area contributed by atoms with Crippen LogP contribution >= 0.6 is 11.6 Å². The summed E-state index contributed by atoms with van der Waals surface area (Å²) in [5, 5.41) is 0.676. The van der Waals surface area contributed by atoms with Gasteiger partial charge in [0.25, 0.3) is 0 Å². The van der Waals surface area contributed by atoms with E-state index in [0.717, 1.165) is 16.9 Å². The molecule has 26 heavy (non-hydrogen) atoms. The van der Waals surface area contributed by atoms with Crippen molar-refractivity contribution in [3.63, 3.8) is 0 Å². The summed E-state index contributed by atoms with van der Waals surface area (Å²) in [6.07, 6.45) is 1.36. The Bertz CT molecular complexity index is 737. The van der Waals surface area contributed by atoms with Gasteiger partial charge in [-0.15, -0.1) is 0 Å². The fraction of sp³-hybridized carbons (Fsp3) is 0.381. The van der Waals surface area contributed by atoms with Crippen molar-refractivity contribution in [2.75, 3.05) is 27.4 Å². The first-order valence-electron chi connectivity index (χ1n) is 8.77. The molecule has 138 valence electrons. The van der Waals surface area contributed by atoms with Gasteiger partial charge in [-0.25, -0.2) is 0 Å². The lowest BCUT2D eigenvalue weighted by Gasteiger charge is -2.39. The lowest BCUT2D eigenvalue weighted by atomic mass is 9.73. The molecule has 0 aromatic heterocycles. The number of nitrogens with zero attached hydrogens (tertiary/aromatic N) is 1. The van der Waals surface area contributed by atoms with Gasteiger partial charge in [0.1, 0.15) is 5.75 Å². The van der Waals surface area contributed by atoms with Crippen molar-refractivity contribution in [1.82, 2.24) is 4.90 Å². The minimum Gasteiger partial charge on any atom is -0.497 e. The first-order valence-corrected chi connectivity index (χ1v) is 9.15.